The lowest BCUT2D eigenvalue weighted by Crippen LogP contribution is -2.60. The molecule has 1 aromatic heterocycles. The van der Waals surface area contributed by atoms with Crippen LogP contribution >= 0.6 is 0 Å². The van der Waals surface area contributed by atoms with Gasteiger partial charge in [-0.2, -0.15) is 0 Å². The van der Waals surface area contributed by atoms with E-state index in [0.717, 1.165) is 17.6 Å². The minimum absolute atomic E-state index is 0.0845. The number of piperidine rings is 1. The van der Waals surface area contributed by atoms with Gasteiger partial charge in [-0.25, -0.2) is 0 Å². The molecule has 0 unspecified atom stereocenters. The molecule has 36 heavy (non-hydrogen) atoms. The molecule has 5 N–H and O–H groups in total. The first-order valence-electron chi connectivity index (χ1n) is 12.3. The monoisotopic (exact) mass is 498 g/mol. The molecule has 6 rings (SSSR count). The SMILES string of the molecule is C=C[C@H]1[C@@H](O[C@@H]2O[C@H](CO)[C@@H](O)[C@H](O)[C@H]2O)OC=C2C(=O)N3CCc4c([nH]c5ccccc45)[C@@H]3C[C@@H]21. The van der Waals surface area contributed by atoms with Gasteiger partial charge in [-0.3, -0.25) is 4.79 Å². The second-order valence-corrected chi connectivity index (χ2v) is 9.89. The van der Waals surface area contributed by atoms with Crippen LogP contribution in [0.3, 0.4) is 0 Å². The number of nitrogens with one attached hydrogen (secondary N) is 1. The molecule has 0 bridgehead atoms. The van der Waals surface area contributed by atoms with Gasteiger partial charge in [0.15, 0.2) is 6.29 Å². The van der Waals surface area contributed by atoms with Crippen LogP contribution in [0, 0.1) is 11.8 Å². The van der Waals surface area contributed by atoms with Gasteiger partial charge in [0.05, 0.1) is 24.5 Å². The van der Waals surface area contributed by atoms with Crippen molar-refractivity contribution >= 4 is 16.8 Å². The Morgan fingerprint density at radius 2 is 1.97 bits per heavy atom. The van der Waals surface area contributed by atoms with Crippen LogP contribution in [0.4, 0.5) is 0 Å². The zero-order valence-electron chi connectivity index (χ0n) is 19.6. The van der Waals surface area contributed by atoms with E-state index in [-0.39, 0.29) is 17.9 Å². The zero-order valence-corrected chi connectivity index (χ0v) is 19.6. The fraction of sp³-hybridized carbons (Fsp3) is 0.500. The summed E-state index contributed by atoms with van der Waals surface area (Å²) in [6.07, 6.45) is -3.53. The fourth-order valence-corrected chi connectivity index (χ4v) is 6.13. The van der Waals surface area contributed by atoms with E-state index in [1.807, 2.05) is 23.1 Å². The number of H-pyrrole nitrogens is 1. The van der Waals surface area contributed by atoms with Crippen LogP contribution in [-0.4, -0.2) is 86.4 Å². The molecular weight excluding hydrogens is 468 g/mol. The van der Waals surface area contributed by atoms with E-state index in [4.69, 9.17) is 14.2 Å². The molecule has 2 saturated heterocycles. The molecule has 4 aliphatic heterocycles. The molecular formula is C26H30N2O8. The Balaban J connectivity index is 1.28. The third-order valence-electron chi connectivity index (χ3n) is 8.04. The molecule has 5 heterocycles. The summed E-state index contributed by atoms with van der Waals surface area (Å²) in [5, 5.41) is 41.3. The van der Waals surface area contributed by atoms with Crippen molar-refractivity contribution in [3.8, 4) is 0 Å². The molecule has 0 saturated carbocycles. The number of benzene rings is 1. The van der Waals surface area contributed by atoms with Crippen molar-refractivity contribution in [2.45, 2.75) is 55.9 Å². The predicted octanol–water partition coefficient (Wildman–Crippen LogP) is 0.473. The number of fused-ring (bicyclic) bond motifs is 6. The second kappa shape index (κ2) is 8.98. The molecule has 0 radical (unpaired) electrons. The van der Waals surface area contributed by atoms with Gasteiger partial charge in [0.25, 0.3) is 5.91 Å². The van der Waals surface area contributed by atoms with Crippen LogP contribution < -0.4 is 0 Å². The molecule has 10 nitrogen and oxygen atoms in total. The molecule has 9 atom stereocenters. The number of nitrogens with zero attached hydrogens (tertiary/aromatic N) is 1. The number of ether oxygens (including phenoxy) is 3. The lowest BCUT2D eigenvalue weighted by Gasteiger charge is -2.48. The third-order valence-corrected chi connectivity index (χ3v) is 8.04. The maximum absolute atomic E-state index is 13.5. The number of aliphatic hydroxyl groups excluding tert-OH is 4. The van der Waals surface area contributed by atoms with Gasteiger partial charge < -0.3 is 44.5 Å². The van der Waals surface area contributed by atoms with E-state index in [0.29, 0.717) is 18.5 Å². The third kappa shape index (κ3) is 3.52. The van der Waals surface area contributed by atoms with Gasteiger partial charge in [-0.15, -0.1) is 6.58 Å². The first-order chi connectivity index (χ1) is 17.4. The molecule has 192 valence electrons. The summed E-state index contributed by atoms with van der Waals surface area (Å²) >= 11 is 0. The van der Waals surface area contributed by atoms with Gasteiger partial charge in [0.2, 0.25) is 6.29 Å². The molecule has 0 spiro atoms. The number of hydrogen-bond acceptors (Lipinski definition) is 8. The Hall–Kier alpha value is -2.73. The highest BCUT2D eigenvalue weighted by atomic mass is 16.8. The summed E-state index contributed by atoms with van der Waals surface area (Å²) in [6, 6.07) is 8.01. The number of aromatic amines is 1. The summed E-state index contributed by atoms with van der Waals surface area (Å²) in [7, 11) is 0. The van der Waals surface area contributed by atoms with Crippen LogP contribution in [-0.2, 0) is 25.4 Å². The van der Waals surface area contributed by atoms with Crippen LogP contribution in [0.15, 0.2) is 48.8 Å². The molecule has 1 aromatic carbocycles. The highest BCUT2D eigenvalue weighted by molar-refractivity contribution is 5.96. The lowest BCUT2D eigenvalue weighted by atomic mass is 9.74. The maximum atomic E-state index is 13.5. The van der Waals surface area contributed by atoms with Gasteiger partial charge in [0.1, 0.15) is 24.4 Å². The summed E-state index contributed by atoms with van der Waals surface area (Å²) in [5.41, 5.74) is 3.89. The Bertz CT molecular complexity index is 1210. The quantitative estimate of drug-likeness (QED) is 0.383. The van der Waals surface area contributed by atoms with Crippen molar-refractivity contribution in [3.63, 3.8) is 0 Å². The predicted molar refractivity (Wildman–Crippen MR) is 126 cm³/mol. The number of aliphatic hydroxyl groups is 4. The highest BCUT2D eigenvalue weighted by Crippen LogP contribution is 2.48. The van der Waals surface area contributed by atoms with E-state index in [2.05, 4.69) is 17.6 Å². The summed E-state index contributed by atoms with van der Waals surface area (Å²) in [6.45, 7) is 4.01. The Morgan fingerprint density at radius 1 is 1.17 bits per heavy atom. The van der Waals surface area contributed by atoms with Gasteiger partial charge in [-0.1, -0.05) is 24.3 Å². The highest BCUT2D eigenvalue weighted by Gasteiger charge is 2.51. The van der Waals surface area contributed by atoms with Crippen molar-refractivity contribution in [2.24, 2.45) is 11.8 Å². The average molecular weight is 499 g/mol. The number of hydrogen-bond donors (Lipinski definition) is 5. The van der Waals surface area contributed by atoms with Crippen molar-refractivity contribution in [1.82, 2.24) is 9.88 Å². The van der Waals surface area contributed by atoms with Crippen LogP contribution in [0.2, 0.25) is 0 Å². The standard InChI is InChI=1S/C26H30N2O8/c1-2-12-15-9-18-20-14(13-5-3-4-6-17(13)27-20)7-8-28(18)24(33)16(15)11-34-25(12)36-26-23(32)22(31)21(30)19(10-29)35-26/h2-6,11-12,15,18-19,21-23,25-27,29-32H,1,7-10H2/t12-,15-,18+,19-,21-,22+,23-,25-,26+/m1/s1. The van der Waals surface area contributed by atoms with E-state index >= 15 is 0 Å². The van der Waals surface area contributed by atoms with Crippen LogP contribution in [0.5, 0.6) is 0 Å². The van der Waals surface area contributed by atoms with E-state index < -0.39 is 49.5 Å². The zero-order chi connectivity index (χ0) is 25.1. The molecule has 4 aliphatic rings. The minimum Gasteiger partial charge on any atom is -0.471 e. The smallest absolute Gasteiger partial charge is 0.253 e. The Labute approximate surface area is 207 Å². The molecule has 0 aliphatic carbocycles. The fourth-order valence-electron chi connectivity index (χ4n) is 6.13. The van der Waals surface area contributed by atoms with Gasteiger partial charge >= 0.3 is 0 Å². The van der Waals surface area contributed by atoms with Gasteiger partial charge in [0, 0.05) is 35.0 Å². The molecule has 1 amide bonds. The Morgan fingerprint density at radius 3 is 2.75 bits per heavy atom. The number of rotatable bonds is 4. The lowest BCUT2D eigenvalue weighted by molar-refractivity contribution is -0.339. The van der Waals surface area contributed by atoms with Crippen molar-refractivity contribution in [2.75, 3.05) is 13.2 Å². The second-order valence-electron chi connectivity index (χ2n) is 9.89. The molecule has 2 fully saturated rings. The molecule has 10 heteroatoms. The maximum Gasteiger partial charge on any atom is 0.253 e. The molecule has 2 aromatic rings. The van der Waals surface area contributed by atoms with Crippen LogP contribution in [0.25, 0.3) is 10.9 Å². The van der Waals surface area contributed by atoms with Gasteiger partial charge in [-0.05, 0) is 24.5 Å². The topological polar surface area (TPSA) is 145 Å². The minimum atomic E-state index is -1.56. The number of aromatic nitrogens is 1. The van der Waals surface area contributed by atoms with Crippen molar-refractivity contribution in [1.29, 1.82) is 0 Å². The summed E-state index contributed by atoms with van der Waals surface area (Å²) < 4.78 is 17.2. The first kappa shape index (κ1) is 23.7. The average Bonchev–Trinajstić information content (AvgIpc) is 3.28. The normalized spacial score (nSPS) is 38.0. The van der Waals surface area contributed by atoms with Crippen molar-refractivity contribution in [3.05, 3.63) is 60.0 Å². The van der Waals surface area contributed by atoms with Crippen molar-refractivity contribution < 1.29 is 39.4 Å². The number of amides is 1. The number of para-hydroxylation sites is 1. The van der Waals surface area contributed by atoms with E-state index in [1.165, 1.54) is 17.2 Å². The largest absolute Gasteiger partial charge is 0.471 e. The number of carbonyl (C=O) groups is 1. The van der Waals surface area contributed by atoms with E-state index in [1.54, 1.807) is 6.08 Å². The first-order valence-corrected chi connectivity index (χ1v) is 12.3. The summed E-state index contributed by atoms with van der Waals surface area (Å²) in [5.74, 6) is -0.783. The van der Waals surface area contributed by atoms with E-state index in [9.17, 15) is 25.2 Å². The summed E-state index contributed by atoms with van der Waals surface area (Å²) in [4.78, 5) is 19.0. The Kier molecular flexibility index (Phi) is 5.90. The number of carbonyl (C=O) groups excluding carboxylic acids is 1. The van der Waals surface area contributed by atoms with Crippen LogP contribution in [0.1, 0.15) is 23.7 Å².